The van der Waals surface area contributed by atoms with Gasteiger partial charge < -0.3 is 15.0 Å². The highest BCUT2D eigenvalue weighted by Crippen LogP contribution is 2.25. The van der Waals surface area contributed by atoms with Gasteiger partial charge in [0.1, 0.15) is 17.6 Å². The second kappa shape index (κ2) is 14.4. The number of hydrogen-bond acceptors (Lipinski definition) is 8. The predicted molar refractivity (Wildman–Crippen MR) is 166 cm³/mol. The Morgan fingerprint density at radius 1 is 0.917 bits per heavy atom. The van der Waals surface area contributed by atoms with E-state index in [0.29, 0.717) is 56.6 Å². The van der Waals surface area contributed by atoms with Gasteiger partial charge >= 0.3 is 6.36 Å². The number of benzene rings is 2. The maximum absolute atomic E-state index is 15.0. The molecule has 0 aliphatic carbocycles. The van der Waals surface area contributed by atoms with E-state index < -0.39 is 34.3 Å². The van der Waals surface area contributed by atoms with Crippen molar-refractivity contribution in [3.8, 4) is 5.75 Å². The molecular formula is C33H34F4N4O6S. The maximum atomic E-state index is 15.0. The molecule has 0 saturated carbocycles. The summed E-state index contributed by atoms with van der Waals surface area (Å²) < 4.78 is 79.4. The number of carbonyl (C=O) groups is 3. The van der Waals surface area contributed by atoms with Gasteiger partial charge in [-0.3, -0.25) is 24.3 Å². The van der Waals surface area contributed by atoms with Crippen LogP contribution in [-0.4, -0.2) is 91.8 Å². The lowest BCUT2D eigenvalue weighted by atomic mass is 9.89. The van der Waals surface area contributed by atoms with E-state index in [4.69, 9.17) is 0 Å². The molecule has 2 aromatic carbocycles. The normalized spacial score (nSPS) is 19.5. The van der Waals surface area contributed by atoms with Crippen molar-refractivity contribution in [2.75, 3.05) is 32.4 Å². The Labute approximate surface area is 275 Å². The summed E-state index contributed by atoms with van der Waals surface area (Å²) in [6, 6.07) is 13.3. The molecule has 5 rings (SSSR count). The van der Waals surface area contributed by atoms with Gasteiger partial charge in [-0.2, -0.15) is 0 Å². The van der Waals surface area contributed by atoms with Crippen molar-refractivity contribution < 1.29 is 45.1 Å². The quantitative estimate of drug-likeness (QED) is 0.258. The molecule has 10 nitrogen and oxygen atoms in total. The third kappa shape index (κ3) is 8.95. The number of rotatable bonds is 9. The van der Waals surface area contributed by atoms with Crippen LogP contribution >= 0.6 is 0 Å². The molecule has 2 saturated heterocycles. The lowest BCUT2D eigenvalue weighted by Gasteiger charge is -2.35. The van der Waals surface area contributed by atoms with Crippen molar-refractivity contribution >= 4 is 27.4 Å². The molecule has 2 amide bonds. The number of piperidine rings is 2. The number of nitrogens with zero attached hydrogens (tertiary/aromatic N) is 3. The van der Waals surface area contributed by atoms with Crippen molar-refractivity contribution in [2.45, 2.75) is 49.3 Å². The second-order valence-corrected chi connectivity index (χ2v) is 14.0. The fraction of sp³-hybridized carbons (Fsp3) is 0.394. The molecule has 3 aromatic rings. The number of ketones is 1. The maximum Gasteiger partial charge on any atom is 0.573 e. The highest BCUT2D eigenvalue weighted by Gasteiger charge is 2.33. The Morgan fingerprint density at radius 2 is 1.56 bits per heavy atom. The van der Waals surface area contributed by atoms with Crippen LogP contribution in [0.4, 0.5) is 17.6 Å². The van der Waals surface area contributed by atoms with Gasteiger partial charge in [0.15, 0.2) is 15.6 Å². The van der Waals surface area contributed by atoms with E-state index in [1.165, 1.54) is 66.9 Å². The number of aromatic nitrogens is 1. The Hall–Kier alpha value is -4.37. The first-order chi connectivity index (χ1) is 22.7. The first kappa shape index (κ1) is 35.0. The number of sulfone groups is 1. The smallest absolute Gasteiger partial charge is 0.406 e. The molecule has 2 aliphatic rings. The van der Waals surface area contributed by atoms with E-state index >= 15 is 4.39 Å². The SMILES string of the molecule is CS(=O)(=O)c1ccc(C(=O)C2CCN(C(=O)c3ccc(C(=O)N[C@@H]4CCN(Cc5ccc(OC(F)(F)F)cc5)C[C@H]4F)cn3)CC2)cc1. The topological polar surface area (TPSA) is 126 Å². The van der Waals surface area contributed by atoms with Crippen molar-refractivity contribution in [1.82, 2.24) is 20.1 Å². The molecular weight excluding hydrogens is 656 g/mol. The summed E-state index contributed by atoms with van der Waals surface area (Å²) in [6.45, 7) is 1.45. The number of likely N-dealkylation sites (tertiary alicyclic amines) is 2. The number of amides is 2. The van der Waals surface area contributed by atoms with Gasteiger partial charge in [-0.15, -0.1) is 13.2 Å². The molecule has 3 heterocycles. The first-order valence-electron chi connectivity index (χ1n) is 15.3. The highest BCUT2D eigenvalue weighted by molar-refractivity contribution is 7.90. The summed E-state index contributed by atoms with van der Waals surface area (Å²) in [5, 5.41) is 2.69. The molecule has 48 heavy (non-hydrogen) atoms. The fourth-order valence-electron chi connectivity index (χ4n) is 5.84. The van der Waals surface area contributed by atoms with Gasteiger partial charge in [-0.25, -0.2) is 12.8 Å². The Morgan fingerprint density at radius 3 is 2.12 bits per heavy atom. The number of alkyl halides is 4. The van der Waals surface area contributed by atoms with Gasteiger partial charge in [0.25, 0.3) is 11.8 Å². The van der Waals surface area contributed by atoms with Crippen LogP contribution < -0.4 is 10.1 Å². The molecule has 0 radical (unpaired) electrons. The van der Waals surface area contributed by atoms with Crippen molar-refractivity contribution in [3.05, 3.63) is 89.2 Å². The summed E-state index contributed by atoms with van der Waals surface area (Å²) >= 11 is 0. The summed E-state index contributed by atoms with van der Waals surface area (Å²) in [6.07, 6.45) is -2.62. The molecule has 256 valence electrons. The molecule has 0 unspecified atom stereocenters. The third-order valence-corrected chi connectivity index (χ3v) is 9.60. The van der Waals surface area contributed by atoms with Gasteiger partial charge in [0, 0.05) is 56.7 Å². The van der Waals surface area contributed by atoms with Crippen LogP contribution in [0.25, 0.3) is 0 Å². The molecule has 2 aliphatic heterocycles. The van der Waals surface area contributed by atoms with E-state index in [2.05, 4.69) is 15.0 Å². The lowest BCUT2D eigenvalue weighted by molar-refractivity contribution is -0.274. The zero-order valence-electron chi connectivity index (χ0n) is 26.0. The van der Waals surface area contributed by atoms with Gasteiger partial charge in [-0.1, -0.05) is 24.3 Å². The van der Waals surface area contributed by atoms with Crippen molar-refractivity contribution in [3.63, 3.8) is 0 Å². The van der Waals surface area contributed by atoms with E-state index in [1.54, 1.807) is 4.90 Å². The average molecular weight is 691 g/mol. The number of nitrogens with one attached hydrogen (secondary N) is 1. The monoisotopic (exact) mass is 690 g/mol. The molecule has 0 spiro atoms. The van der Waals surface area contributed by atoms with Crippen molar-refractivity contribution in [1.29, 1.82) is 0 Å². The largest absolute Gasteiger partial charge is 0.573 e. The van der Waals surface area contributed by atoms with E-state index in [9.17, 15) is 36.0 Å². The Bertz CT molecular complexity index is 1730. The number of pyridine rings is 1. The zero-order valence-corrected chi connectivity index (χ0v) is 26.8. The van der Waals surface area contributed by atoms with Crippen LogP contribution in [0.3, 0.4) is 0 Å². The fourth-order valence-corrected chi connectivity index (χ4v) is 6.47. The van der Waals surface area contributed by atoms with Crippen LogP contribution in [0.1, 0.15) is 56.0 Å². The predicted octanol–water partition coefficient (Wildman–Crippen LogP) is 4.46. The van der Waals surface area contributed by atoms with Crippen LogP contribution in [0.15, 0.2) is 71.8 Å². The van der Waals surface area contributed by atoms with Gasteiger partial charge in [0.2, 0.25) is 0 Å². The van der Waals surface area contributed by atoms with E-state index in [1.807, 2.05) is 4.90 Å². The standard InChI is InChI=1S/C33H34F4N4O6S/c1-48(45,46)26-9-4-22(5-10-26)30(42)23-12-16-41(17-13-23)32(44)29-11-6-24(18-38-29)31(43)39-28-14-15-40(20-27(28)34)19-21-2-7-25(8-3-21)47-33(35,36)37/h2-11,18,23,27-28H,12-17,19-20H2,1H3,(H,39,43)/t27-,28-/m1/s1. The molecule has 0 bridgehead atoms. The summed E-state index contributed by atoms with van der Waals surface area (Å²) in [4.78, 5) is 46.6. The number of carbonyl (C=O) groups excluding carboxylic acids is 3. The lowest BCUT2D eigenvalue weighted by Crippen LogP contribution is -2.52. The number of halogens is 4. The summed E-state index contributed by atoms with van der Waals surface area (Å²) in [7, 11) is -3.37. The highest BCUT2D eigenvalue weighted by atomic mass is 32.2. The Balaban J connectivity index is 1.07. The van der Waals surface area contributed by atoms with Crippen LogP contribution in [0.2, 0.25) is 0 Å². The van der Waals surface area contributed by atoms with E-state index in [-0.39, 0.29) is 46.1 Å². The van der Waals surface area contributed by atoms with Gasteiger partial charge in [0.05, 0.1) is 16.5 Å². The molecule has 1 N–H and O–H groups in total. The third-order valence-electron chi connectivity index (χ3n) is 8.47. The minimum absolute atomic E-state index is 0.0230. The number of Topliss-reactive ketones (excluding diaryl/α,β-unsaturated/α-hetero) is 1. The number of hydrogen-bond donors (Lipinski definition) is 1. The van der Waals surface area contributed by atoms with Crippen LogP contribution in [0, 0.1) is 5.92 Å². The van der Waals surface area contributed by atoms with Crippen LogP contribution in [0.5, 0.6) is 5.75 Å². The summed E-state index contributed by atoms with van der Waals surface area (Å²) in [5.74, 6) is -1.63. The second-order valence-electron chi connectivity index (χ2n) is 12.0. The Kier molecular flexibility index (Phi) is 10.5. The molecule has 15 heteroatoms. The first-order valence-corrected chi connectivity index (χ1v) is 17.2. The zero-order chi connectivity index (χ0) is 34.6. The average Bonchev–Trinajstić information content (AvgIpc) is 3.05. The minimum atomic E-state index is -4.78. The molecule has 2 fully saturated rings. The van der Waals surface area contributed by atoms with Crippen molar-refractivity contribution in [2.24, 2.45) is 5.92 Å². The molecule has 1 aromatic heterocycles. The summed E-state index contributed by atoms with van der Waals surface area (Å²) in [5.41, 5.74) is 1.40. The van der Waals surface area contributed by atoms with E-state index in [0.717, 1.165) is 6.26 Å². The van der Waals surface area contributed by atoms with Crippen LogP contribution in [-0.2, 0) is 16.4 Å². The minimum Gasteiger partial charge on any atom is -0.406 e. The number of ether oxygens (including phenoxy) is 1. The molecule has 2 atom stereocenters. The van der Waals surface area contributed by atoms with Gasteiger partial charge in [-0.05, 0) is 61.2 Å².